The maximum atomic E-state index is 13.1. The molecule has 1 aliphatic carbocycles. The van der Waals surface area contributed by atoms with E-state index in [1.165, 1.54) is 6.07 Å². The summed E-state index contributed by atoms with van der Waals surface area (Å²) in [6.45, 7) is 1.37. The summed E-state index contributed by atoms with van der Waals surface area (Å²) in [5, 5.41) is 0. The molecule has 0 spiro atoms. The molecule has 5 nitrogen and oxygen atoms in total. The van der Waals surface area contributed by atoms with Crippen molar-refractivity contribution in [1.29, 1.82) is 0 Å². The zero-order valence-electron chi connectivity index (χ0n) is 16.0. The van der Waals surface area contributed by atoms with Gasteiger partial charge in [0.05, 0.1) is 29.2 Å². The van der Waals surface area contributed by atoms with Crippen LogP contribution in [0.4, 0.5) is 30.4 Å². The first-order valence-corrected chi connectivity index (χ1v) is 9.09. The number of pyridine rings is 1. The Kier molecular flexibility index (Phi) is 5.43. The Labute approximate surface area is 162 Å². The number of anilines is 3. The van der Waals surface area contributed by atoms with Crippen LogP contribution in [0.2, 0.25) is 0 Å². The van der Waals surface area contributed by atoms with Crippen LogP contribution in [0.3, 0.4) is 0 Å². The second kappa shape index (κ2) is 7.50. The van der Waals surface area contributed by atoms with Gasteiger partial charge in [0.15, 0.2) is 0 Å². The lowest BCUT2D eigenvalue weighted by atomic mass is 9.69. The predicted octanol–water partition coefficient (Wildman–Crippen LogP) is 4.18. The first-order valence-electron chi connectivity index (χ1n) is 9.09. The van der Waals surface area contributed by atoms with Crippen LogP contribution < -0.4 is 16.4 Å². The molecule has 1 fully saturated rings. The number of rotatable bonds is 6. The van der Waals surface area contributed by atoms with Gasteiger partial charge in [0.2, 0.25) is 0 Å². The zero-order valence-corrected chi connectivity index (χ0v) is 16.0. The van der Waals surface area contributed by atoms with Gasteiger partial charge in [-0.1, -0.05) is 18.6 Å². The number of nitrogens with zero attached hydrogens (tertiary/aromatic N) is 2. The van der Waals surface area contributed by atoms with E-state index in [4.69, 9.17) is 16.2 Å². The molecular formula is C20H25F3N4O. The van der Waals surface area contributed by atoms with Crippen LogP contribution in [0.15, 0.2) is 30.3 Å². The number of benzene rings is 1. The third kappa shape index (κ3) is 4.01. The fraction of sp³-hybridized carbons (Fsp3) is 0.450. The molecule has 0 atom stereocenters. The summed E-state index contributed by atoms with van der Waals surface area (Å²) in [7, 11) is 3.58. The summed E-state index contributed by atoms with van der Waals surface area (Å²) < 4.78 is 44.5. The molecule has 28 heavy (non-hydrogen) atoms. The third-order valence-electron chi connectivity index (χ3n) is 5.40. The highest BCUT2D eigenvalue weighted by Crippen LogP contribution is 2.43. The fourth-order valence-electron chi connectivity index (χ4n) is 3.80. The van der Waals surface area contributed by atoms with Crippen molar-refractivity contribution >= 4 is 17.2 Å². The second-order valence-electron chi connectivity index (χ2n) is 7.55. The van der Waals surface area contributed by atoms with E-state index in [1.54, 1.807) is 19.2 Å². The summed E-state index contributed by atoms with van der Waals surface area (Å²) in [6, 6.07) is 6.73. The molecule has 0 aliphatic heterocycles. The predicted molar refractivity (Wildman–Crippen MR) is 105 cm³/mol. The number of nitrogens with two attached hydrogens (primary N) is 2. The Balaban J connectivity index is 1.95. The zero-order chi connectivity index (χ0) is 20.5. The van der Waals surface area contributed by atoms with Gasteiger partial charge >= 0.3 is 6.18 Å². The van der Waals surface area contributed by atoms with Crippen molar-refractivity contribution in [3.05, 3.63) is 35.9 Å². The van der Waals surface area contributed by atoms with E-state index in [-0.39, 0.29) is 11.2 Å². The Morgan fingerprint density at radius 1 is 1.21 bits per heavy atom. The van der Waals surface area contributed by atoms with Crippen molar-refractivity contribution in [3.8, 4) is 11.3 Å². The molecule has 0 saturated heterocycles. The van der Waals surface area contributed by atoms with Gasteiger partial charge in [0.1, 0.15) is 5.82 Å². The van der Waals surface area contributed by atoms with E-state index < -0.39 is 11.7 Å². The summed E-state index contributed by atoms with van der Waals surface area (Å²) in [5.41, 5.74) is 13.1. The standard InChI is InChI=1S/C20H25F3N4O/c1-27(11-19(12-28-2)7-4-8-19)16-10-15(26-18(25)17(16)24)13-5-3-6-14(9-13)20(21,22)23/h3,5-6,9-10H,4,7-8,11-12,24H2,1-2H3,(H2,25,26). The summed E-state index contributed by atoms with van der Waals surface area (Å²) >= 11 is 0. The fourth-order valence-corrected chi connectivity index (χ4v) is 3.80. The van der Waals surface area contributed by atoms with Gasteiger partial charge in [0.25, 0.3) is 0 Å². The van der Waals surface area contributed by atoms with Crippen molar-refractivity contribution in [1.82, 2.24) is 4.98 Å². The highest BCUT2D eigenvalue weighted by atomic mass is 19.4. The van der Waals surface area contributed by atoms with Gasteiger partial charge in [-0.05, 0) is 31.0 Å². The lowest BCUT2D eigenvalue weighted by Gasteiger charge is -2.44. The minimum Gasteiger partial charge on any atom is -0.394 e. The lowest BCUT2D eigenvalue weighted by Crippen LogP contribution is -2.44. The Hall–Kier alpha value is -2.48. The molecule has 152 valence electrons. The van der Waals surface area contributed by atoms with Crippen molar-refractivity contribution < 1.29 is 17.9 Å². The summed E-state index contributed by atoms with van der Waals surface area (Å²) in [5.74, 6) is 0.103. The van der Waals surface area contributed by atoms with E-state index in [1.807, 2.05) is 11.9 Å². The van der Waals surface area contributed by atoms with Crippen LogP contribution in [0.5, 0.6) is 0 Å². The minimum absolute atomic E-state index is 0.0599. The van der Waals surface area contributed by atoms with E-state index >= 15 is 0 Å². The van der Waals surface area contributed by atoms with Crippen LogP contribution in [0, 0.1) is 5.41 Å². The average Bonchev–Trinajstić information content (AvgIpc) is 2.61. The highest BCUT2D eigenvalue weighted by molar-refractivity contribution is 5.82. The normalized spacial score (nSPS) is 15.9. The van der Waals surface area contributed by atoms with Crippen LogP contribution in [-0.4, -0.2) is 32.3 Å². The molecule has 0 unspecified atom stereocenters. The third-order valence-corrected chi connectivity index (χ3v) is 5.40. The highest BCUT2D eigenvalue weighted by Gasteiger charge is 2.38. The summed E-state index contributed by atoms with van der Waals surface area (Å²) in [6.07, 6.45) is -1.15. The molecule has 1 heterocycles. The first-order chi connectivity index (χ1) is 13.1. The average molecular weight is 394 g/mol. The molecular weight excluding hydrogens is 369 g/mol. The van der Waals surface area contributed by atoms with Crippen LogP contribution >= 0.6 is 0 Å². The van der Waals surface area contributed by atoms with Gasteiger partial charge in [-0.3, -0.25) is 0 Å². The summed E-state index contributed by atoms with van der Waals surface area (Å²) in [4.78, 5) is 6.20. The lowest BCUT2D eigenvalue weighted by molar-refractivity contribution is -0.137. The molecule has 0 amide bonds. The largest absolute Gasteiger partial charge is 0.416 e. The molecule has 2 aromatic rings. The maximum absolute atomic E-state index is 13.1. The molecule has 0 bridgehead atoms. The van der Waals surface area contributed by atoms with Crippen LogP contribution in [0.1, 0.15) is 24.8 Å². The quantitative estimate of drug-likeness (QED) is 0.768. The van der Waals surface area contributed by atoms with Gasteiger partial charge < -0.3 is 21.1 Å². The van der Waals surface area contributed by atoms with E-state index in [2.05, 4.69) is 4.98 Å². The molecule has 1 aromatic carbocycles. The van der Waals surface area contributed by atoms with Crippen molar-refractivity contribution in [2.24, 2.45) is 5.41 Å². The smallest absolute Gasteiger partial charge is 0.394 e. The number of nitrogen functional groups attached to an aromatic ring is 2. The van der Waals surface area contributed by atoms with Gasteiger partial charge in [-0.2, -0.15) is 13.2 Å². The number of aromatic nitrogens is 1. The first kappa shape index (κ1) is 20.3. The topological polar surface area (TPSA) is 77.4 Å². The SMILES string of the molecule is COCC1(CN(C)c2cc(-c3cccc(C(F)(F)F)c3)nc(N)c2N)CCC1. The van der Waals surface area contributed by atoms with Crippen LogP contribution in [-0.2, 0) is 10.9 Å². The van der Waals surface area contributed by atoms with E-state index in [0.717, 1.165) is 37.9 Å². The Morgan fingerprint density at radius 3 is 2.50 bits per heavy atom. The monoisotopic (exact) mass is 394 g/mol. The van der Waals surface area contributed by atoms with Gasteiger partial charge in [-0.15, -0.1) is 0 Å². The molecule has 4 N–H and O–H groups in total. The molecule has 3 rings (SSSR count). The number of alkyl halides is 3. The van der Waals surface area contributed by atoms with Gasteiger partial charge in [0, 0.05) is 31.7 Å². The molecule has 8 heteroatoms. The maximum Gasteiger partial charge on any atom is 0.416 e. The number of hydrogen-bond acceptors (Lipinski definition) is 5. The van der Waals surface area contributed by atoms with Crippen molar-refractivity contribution in [3.63, 3.8) is 0 Å². The minimum atomic E-state index is -4.42. The molecule has 1 aromatic heterocycles. The molecule has 1 aliphatic rings. The second-order valence-corrected chi connectivity index (χ2v) is 7.55. The van der Waals surface area contributed by atoms with Crippen molar-refractivity contribution in [2.75, 3.05) is 43.7 Å². The van der Waals surface area contributed by atoms with Crippen molar-refractivity contribution in [2.45, 2.75) is 25.4 Å². The van der Waals surface area contributed by atoms with E-state index in [0.29, 0.717) is 29.2 Å². The Bertz CT molecular complexity index is 850. The van der Waals surface area contributed by atoms with E-state index in [9.17, 15) is 13.2 Å². The number of hydrogen-bond donors (Lipinski definition) is 2. The number of halogens is 3. The Morgan fingerprint density at radius 2 is 1.93 bits per heavy atom. The number of ether oxygens (including phenoxy) is 1. The van der Waals surface area contributed by atoms with Crippen LogP contribution in [0.25, 0.3) is 11.3 Å². The number of methoxy groups -OCH3 is 1. The molecule has 1 saturated carbocycles. The van der Waals surface area contributed by atoms with Gasteiger partial charge in [-0.25, -0.2) is 4.98 Å². The molecule has 0 radical (unpaired) electrons.